The average Bonchev–Trinajstić information content (AvgIpc) is 2.35. The lowest BCUT2D eigenvalue weighted by molar-refractivity contribution is -0.188. The second-order valence-electron chi connectivity index (χ2n) is 4.42. The SMILES string of the molecule is COc1ccc(CN(C)C(CC(=O)O)C(F)(F)F)cc1. The fourth-order valence-electron chi connectivity index (χ4n) is 1.82. The summed E-state index contributed by atoms with van der Waals surface area (Å²) in [6.45, 7) is 0.00144. The van der Waals surface area contributed by atoms with Gasteiger partial charge in [-0.2, -0.15) is 13.2 Å². The first kappa shape index (κ1) is 16.3. The molecule has 0 aromatic heterocycles. The van der Waals surface area contributed by atoms with E-state index in [2.05, 4.69) is 0 Å². The number of benzene rings is 1. The number of carbonyl (C=O) groups is 1. The molecule has 0 saturated heterocycles. The van der Waals surface area contributed by atoms with Gasteiger partial charge in [0.25, 0.3) is 0 Å². The number of alkyl halides is 3. The van der Waals surface area contributed by atoms with Gasteiger partial charge in [-0.3, -0.25) is 9.69 Å². The Morgan fingerprint density at radius 1 is 1.35 bits per heavy atom. The van der Waals surface area contributed by atoms with E-state index in [4.69, 9.17) is 9.84 Å². The molecule has 0 spiro atoms. The van der Waals surface area contributed by atoms with Crippen LogP contribution < -0.4 is 4.74 Å². The van der Waals surface area contributed by atoms with Gasteiger partial charge in [0.1, 0.15) is 11.8 Å². The van der Waals surface area contributed by atoms with Crippen LogP contribution in [0.3, 0.4) is 0 Å². The zero-order valence-electron chi connectivity index (χ0n) is 11.1. The first-order valence-corrected chi connectivity index (χ1v) is 5.85. The average molecular weight is 291 g/mol. The molecule has 0 saturated carbocycles. The molecule has 20 heavy (non-hydrogen) atoms. The van der Waals surface area contributed by atoms with Crippen LogP contribution in [0, 0.1) is 0 Å². The summed E-state index contributed by atoms with van der Waals surface area (Å²) in [7, 11) is 2.75. The summed E-state index contributed by atoms with van der Waals surface area (Å²) in [5.41, 5.74) is 0.646. The minimum atomic E-state index is -4.58. The fraction of sp³-hybridized carbons (Fsp3) is 0.462. The van der Waals surface area contributed by atoms with Gasteiger partial charge in [-0.25, -0.2) is 0 Å². The predicted octanol–water partition coefficient (Wildman–Crippen LogP) is 2.53. The van der Waals surface area contributed by atoms with Gasteiger partial charge in [-0.05, 0) is 24.7 Å². The highest BCUT2D eigenvalue weighted by molar-refractivity contribution is 5.67. The lowest BCUT2D eigenvalue weighted by Gasteiger charge is -2.28. The quantitative estimate of drug-likeness (QED) is 0.875. The van der Waals surface area contributed by atoms with Crippen molar-refractivity contribution in [2.75, 3.05) is 14.2 Å². The van der Waals surface area contributed by atoms with Crippen LogP contribution in [-0.4, -0.2) is 42.4 Å². The molecule has 0 fully saturated rings. The van der Waals surface area contributed by atoms with Gasteiger partial charge in [0.15, 0.2) is 0 Å². The zero-order valence-corrected chi connectivity index (χ0v) is 11.1. The number of halogens is 3. The van der Waals surface area contributed by atoms with Crippen LogP contribution in [0.15, 0.2) is 24.3 Å². The molecule has 1 N–H and O–H groups in total. The third-order valence-corrected chi connectivity index (χ3v) is 2.87. The summed E-state index contributed by atoms with van der Waals surface area (Å²) in [5.74, 6) is -0.872. The Labute approximate surface area is 114 Å². The minimum absolute atomic E-state index is 0.00144. The topological polar surface area (TPSA) is 49.8 Å². The van der Waals surface area contributed by atoms with Gasteiger partial charge >= 0.3 is 12.1 Å². The number of hydrogen-bond acceptors (Lipinski definition) is 3. The van der Waals surface area contributed by atoms with Crippen LogP contribution in [0.4, 0.5) is 13.2 Å². The molecule has 1 aromatic carbocycles. The maximum atomic E-state index is 12.8. The smallest absolute Gasteiger partial charge is 0.404 e. The Morgan fingerprint density at radius 3 is 2.30 bits per heavy atom. The van der Waals surface area contributed by atoms with E-state index in [1.54, 1.807) is 24.3 Å². The highest BCUT2D eigenvalue weighted by atomic mass is 19.4. The first-order chi connectivity index (χ1) is 9.24. The second kappa shape index (κ2) is 6.60. The lowest BCUT2D eigenvalue weighted by atomic mass is 10.1. The van der Waals surface area contributed by atoms with E-state index in [-0.39, 0.29) is 6.54 Å². The molecule has 1 unspecified atom stereocenters. The van der Waals surface area contributed by atoms with Crippen LogP contribution in [0.2, 0.25) is 0 Å². The van der Waals surface area contributed by atoms with E-state index >= 15 is 0 Å². The summed E-state index contributed by atoms with van der Waals surface area (Å²) >= 11 is 0. The molecule has 0 bridgehead atoms. The van der Waals surface area contributed by atoms with Crippen molar-refractivity contribution in [3.63, 3.8) is 0 Å². The van der Waals surface area contributed by atoms with Crippen molar-refractivity contribution in [1.29, 1.82) is 0 Å². The van der Waals surface area contributed by atoms with Crippen molar-refractivity contribution in [3.8, 4) is 5.75 Å². The predicted molar refractivity (Wildman–Crippen MR) is 66.6 cm³/mol. The van der Waals surface area contributed by atoms with Gasteiger partial charge < -0.3 is 9.84 Å². The monoisotopic (exact) mass is 291 g/mol. The second-order valence-corrected chi connectivity index (χ2v) is 4.42. The van der Waals surface area contributed by atoms with Crippen molar-refractivity contribution in [2.24, 2.45) is 0 Å². The normalized spacial score (nSPS) is 13.3. The number of hydrogen-bond donors (Lipinski definition) is 1. The Morgan fingerprint density at radius 2 is 1.90 bits per heavy atom. The van der Waals surface area contributed by atoms with E-state index in [9.17, 15) is 18.0 Å². The van der Waals surface area contributed by atoms with E-state index in [1.807, 2.05) is 0 Å². The Kier molecular flexibility index (Phi) is 5.38. The number of nitrogens with zero attached hydrogens (tertiary/aromatic N) is 1. The number of rotatable bonds is 6. The van der Waals surface area contributed by atoms with Crippen LogP contribution in [0.25, 0.3) is 0 Å². The molecule has 0 aliphatic rings. The van der Waals surface area contributed by atoms with Gasteiger partial charge in [-0.15, -0.1) is 0 Å². The van der Waals surface area contributed by atoms with E-state index in [1.165, 1.54) is 14.2 Å². The number of carboxylic acid groups (broad SMARTS) is 1. The highest BCUT2D eigenvalue weighted by Gasteiger charge is 2.43. The highest BCUT2D eigenvalue weighted by Crippen LogP contribution is 2.27. The van der Waals surface area contributed by atoms with E-state index in [0.29, 0.717) is 11.3 Å². The Balaban J connectivity index is 2.78. The van der Waals surface area contributed by atoms with Crippen molar-refractivity contribution < 1.29 is 27.8 Å². The molecule has 1 aromatic rings. The molecule has 0 aliphatic carbocycles. The lowest BCUT2D eigenvalue weighted by Crippen LogP contribution is -2.44. The van der Waals surface area contributed by atoms with E-state index in [0.717, 1.165) is 4.90 Å². The van der Waals surface area contributed by atoms with Gasteiger partial charge in [0.05, 0.1) is 13.5 Å². The molecule has 112 valence electrons. The van der Waals surface area contributed by atoms with Crippen LogP contribution in [-0.2, 0) is 11.3 Å². The minimum Gasteiger partial charge on any atom is -0.497 e. The van der Waals surface area contributed by atoms with Gasteiger partial charge in [-0.1, -0.05) is 12.1 Å². The molecule has 7 heteroatoms. The van der Waals surface area contributed by atoms with E-state index < -0.39 is 24.6 Å². The summed E-state index contributed by atoms with van der Waals surface area (Å²) in [4.78, 5) is 11.5. The first-order valence-electron chi connectivity index (χ1n) is 5.85. The molecule has 1 rings (SSSR count). The van der Waals surface area contributed by atoms with Gasteiger partial charge in [0.2, 0.25) is 0 Å². The molecule has 1 atom stereocenters. The number of ether oxygens (including phenoxy) is 1. The molecule has 0 radical (unpaired) electrons. The van der Waals surface area contributed by atoms with Gasteiger partial charge in [0, 0.05) is 6.54 Å². The zero-order chi connectivity index (χ0) is 15.3. The largest absolute Gasteiger partial charge is 0.497 e. The molecule has 0 aliphatic heterocycles. The molecular formula is C13H16F3NO3. The van der Waals surface area contributed by atoms with Crippen LogP contribution in [0.5, 0.6) is 5.75 Å². The molecule has 4 nitrogen and oxygen atoms in total. The Hall–Kier alpha value is -1.76. The number of methoxy groups -OCH3 is 1. The molecule has 0 heterocycles. The number of carboxylic acids is 1. The maximum Gasteiger partial charge on any atom is 0.404 e. The van der Waals surface area contributed by atoms with Crippen molar-refractivity contribution in [2.45, 2.75) is 25.2 Å². The summed E-state index contributed by atoms with van der Waals surface area (Å²) < 4.78 is 43.4. The third kappa shape index (κ3) is 4.73. The third-order valence-electron chi connectivity index (χ3n) is 2.87. The van der Waals surface area contributed by atoms with Crippen molar-refractivity contribution in [3.05, 3.63) is 29.8 Å². The standard InChI is InChI=1S/C13H16F3NO3/c1-17(11(7-12(18)19)13(14,15)16)8-9-3-5-10(20-2)6-4-9/h3-6,11H,7-8H2,1-2H3,(H,18,19). The van der Waals surface area contributed by atoms with Crippen LogP contribution in [0.1, 0.15) is 12.0 Å². The van der Waals surface area contributed by atoms with Crippen molar-refractivity contribution in [1.82, 2.24) is 4.90 Å². The summed E-state index contributed by atoms with van der Waals surface area (Å²) in [6, 6.07) is 4.56. The fourth-order valence-corrected chi connectivity index (χ4v) is 1.82. The maximum absolute atomic E-state index is 12.8. The number of aliphatic carboxylic acids is 1. The van der Waals surface area contributed by atoms with Crippen molar-refractivity contribution >= 4 is 5.97 Å². The molecular weight excluding hydrogens is 275 g/mol. The summed E-state index contributed by atoms with van der Waals surface area (Å²) in [5, 5.41) is 8.59. The molecule has 0 amide bonds. The van der Waals surface area contributed by atoms with Crippen LogP contribution >= 0.6 is 0 Å². The Bertz CT molecular complexity index is 445. The summed E-state index contributed by atoms with van der Waals surface area (Å²) in [6.07, 6.45) is -5.56.